The van der Waals surface area contributed by atoms with Crippen molar-refractivity contribution in [3.05, 3.63) is 63.5 Å². The summed E-state index contributed by atoms with van der Waals surface area (Å²) in [4.78, 5) is 20.5. The summed E-state index contributed by atoms with van der Waals surface area (Å²) in [6, 6.07) is 6.85. The normalized spacial score (nSPS) is 10.8. The lowest BCUT2D eigenvalue weighted by atomic mass is 10.1. The second-order valence-electron chi connectivity index (χ2n) is 5.37. The molecular weight excluding hydrogens is 349 g/mol. The number of fused-ring (bicyclic) bond motifs is 1. The van der Waals surface area contributed by atoms with Crippen LogP contribution in [0.5, 0.6) is 5.75 Å². The lowest BCUT2D eigenvalue weighted by Gasteiger charge is -2.09. The van der Waals surface area contributed by atoms with Crippen molar-refractivity contribution in [3.63, 3.8) is 0 Å². The van der Waals surface area contributed by atoms with Gasteiger partial charge in [0.15, 0.2) is 11.4 Å². The average molecular weight is 362 g/mol. The Hall–Kier alpha value is -2.37. The minimum absolute atomic E-state index is 0.0769. The van der Waals surface area contributed by atoms with E-state index in [0.717, 1.165) is 11.1 Å². The van der Waals surface area contributed by atoms with Gasteiger partial charge in [0.25, 0.3) is 5.91 Å². The molecule has 0 fully saturated rings. The highest BCUT2D eigenvalue weighted by Crippen LogP contribution is 2.25. The molecule has 0 saturated carbocycles. The van der Waals surface area contributed by atoms with Crippen LogP contribution in [-0.2, 0) is 6.54 Å². The molecule has 1 amide bonds. The zero-order chi connectivity index (χ0) is 17.3. The Morgan fingerprint density at radius 1 is 1.12 bits per heavy atom. The van der Waals surface area contributed by atoms with Crippen molar-refractivity contribution in [2.45, 2.75) is 13.5 Å². The van der Waals surface area contributed by atoms with E-state index in [9.17, 15) is 9.90 Å². The molecule has 0 unspecified atom stereocenters. The maximum Gasteiger partial charge on any atom is 0.274 e. The molecule has 3 rings (SSSR count). The van der Waals surface area contributed by atoms with E-state index in [1.54, 1.807) is 24.4 Å². The van der Waals surface area contributed by atoms with Crippen molar-refractivity contribution < 1.29 is 9.90 Å². The van der Waals surface area contributed by atoms with Gasteiger partial charge < -0.3 is 10.4 Å². The maximum atomic E-state index is 12.3. The second-order valence-corrected chi connectivity index (χ2v) is 6.24. The van der Waals surface area contributed by atoms with E-state index in [1.807, 2.05) is 13.0 Å². The molecule has 0 saturated heterocycles. The summed E-state index contributed by atoms with van der Waals surface area (Å²) >= 11 is 11.9. The van der Waals surface area contributed by atoms with Crippen LogP contribution in [0.1, 0.15) is 21.6 Å². The van der Waals surface area contributed by atoms with E-state index in [2.05, 4.69) is 15.3 Å². The predicted octanol–water partition coefficient (Wildman–Crippen LogP) is 3.88. The molecule has 0 atom stereocenters. The van der Waals surface area contributed by atoms with Crippen molar-refractivity contribution in [2.75, 3.05) is 0 Å². The first-order chi connectivity index (χ1) is 11.4. The highest BCUT2D eigenvalue weighted by atomic mass is 35.5. The molecule has 7 heteroatoms. The van der Waals surface area contributed by atoms with E-state index in [1.165, 1.54) is 6.20 Å². The highest BCUT2D eigenvalue weighted by molar-refractivity contribution is 6.34. The van der Waals surface area contributed by atoms with Gasteiger partial charge in [0.1, 0.15) is 5.52 Å². The quantitative estimate of drug-likeness (QED) is 0.742. The Morgan fingerprint density at radius 3 is 2.54 bits per heavy atom. The van der Waals surface area contributed by atoms with Crippen molar-refractivity contribution in [1.29, 1.82) is 0 Å². The van der Waals surface area contributed by atoms with Gasteiger partial charge in [-0.25, -0.2) is 4.98 Å². The first kappa shape index (κ1) is 16.5. The molecule has 24 heavy (non-hydrogen) atoms. The molecule has 5 nitrogen and oxygen atoms in total. The Morgan fingerprint density at radius 2 is 1.83 bits per heavy atom. The smallest absolute Gasteiger partial charge is 0.274 e. The number of carbonyl (C=O) groups is 1. The van der Waals surface area contributed by atoms with Crippen LogP contribution in [0.15, 0.2) is 36.7 Å². The summed E-state index contributed by atoms with van der Waals surface area (Å²) in [6.07, 6.45) is 3.14. The molecule has 0 spiro atoms. The molecule has 122 valence electrons. The average Bonchev–Trinajstić information content (AvgIpc) is 2.52. The number of halogens is 2. The molecule has 0 bridgehead atoms. The van der Waals surface area contributed by atoms with E-state index < -0.39 is 5.91 Å². The van der Waals surface area contributed by atoms with Gasteiger partial charge in [-0.15, -0.1) is 0 Å². The van der Waals surface area contributed by atoms with Crippen molar-refractivity contribution in [3.8, 4) is 5.75 Å². The first-order valence-electron chi connectivity index (χ1n) is 7.11. The van der Waals surface area contributed by atoms with E-state index in [-0.39, 0.29) is 18.0 Å². The van der Waals surface area contributed by atoms with Crippen LogP contribution in [0.3, 0.4) is 0 Å². The zero-order valence-electron chi connectivity index (χ0n) is 12.7. The Balaban J connectivity index is 1.83. The number of rotatable bonds is 3. The van der Waals surface area contributed by atoms with Crippen molar-refractivity contribution in [1.82, 2.24) is 15.3 Å². The molecular formula is C17H13Cl2N3O2. The van der Waals surface area contributed by atoms with E-state index >= 15 is 0 Å². The summed E-state index contributed by atoms with van der Waals surface area (Å²) in [6.45, 7) is 2.10. The Kier molecular flexibility index (Phi) is 4.55. The number of pyridine rings is 2. The summed E-state index contributed by atoms with van der Waals surface area (Å²) in [7, 11) is 0. The van der Waals surface area contributed by atoms with Crippen LogP contribution in [0.25, 0.3) is 10.9 Å². The summed E-state index contributed by atoms with van der Waals surface area (Å²) in [5.74, 6) is -0.748. The van der Waals surface area contributed by atoms with Gasteiger partial charge in [-0.3, -0.25) is 9.78 Å². The molecule has 1 aromatic carbocycles. The molecule has 0 aliphatic rings. The first-order valence-corrected chi connectivity index (χ1v) is 7.87. The number of aromatic nitrogens is 2. The number of carbonyl (C=O) groups excluding carboxylic acids is 1. The topological polar surface area (TPSA) is 75.1 Å². The number of nitrogens with one attached hydrogen (secondary N) is 1. The summed E-state index contributed by atoms with van der Waals surface area (Å²) < 4.78 is 0. The maximum absolute atomic E-state index is 12.3. The Bertz CT molecular complexity index is 924. The lowest BCUT2D eigenvalue weighted by Crippen LogP contribution is -2.24. The van der Waals surface area contributed by atoms with Gasteiger partial charge in [-0.05, 0) is 42.3 Å². The van der Waals surface area contributed by atoms with Gasteiger partial charge >= 0.3 is 0 Å². The van der Waals surface area contributed by atoms with Gasteiger partial charge in [0.2, 0.25) is 0 Å². The molecule has 0 aliphatic carbocycles. The lowest BCUT2D eigenvalue weighted by molar-refractivity contribution is 0.0943. The minimum Gasteiger partial charge on any atom is -0.504 e. The second kappa shape index (κ2) is 6.63. The predicted molar refractivity (Wildman–Crippen MR) is 93.6 cm³/mol. The molecule has 2 aromatic heterocycles. The van der Waals surface area contributed by atoms with Gasteiger partial charge in [-0.1, -0.05) is 23.2 Å². The fourth-order valence-corrected chi connectivity index (χ4v) is 2.91. The number of amides is 1. The standard InChI is InChI=1S/C17H13Cl2N3O2/c1-9-2-11-8-21-15(16(23)14(11)20-6-9)17(24)22-7-10-3-12(18)5-13(19)4-10/h2-6,8,23H,7H2,1H3,(H,22,24). The number of aromatic hydroxyl groups is 1. The fourth-order valence-electron chi connectivity index (χ4n) is 2.34. The van der Waals surface area contributed by atoms with Gasteiger partial charge in [-0.2, -0.15) is 0 Å². The van der Waals surface area contributed by atoms with Crippen LogP contribution in [0.4, 0.5) is 0 Å². The van der Waals surface area contributed by atoms with Gasteiger partial charge in [0, 0.05) is 34.4 Å². The largest absolute Gasteiger partial charge is 0.504 e. The van der Waals surface area contributed by atoms with Crippen LogP contribution < -0.4 is 5.32 Å². The molecule has 0 aliphatic heterocycles. The van der Waals surface area contributed by atoms with E-state index in [4.69, 9.17) is 23.2 Å². The van der Waals surface area contributed by atoms with Crippen LogP contribution in [0.2, 0.25) is 10.0 Å². The molecule has 2 heterocycles. The number of hydrogen-bond acceptors (Lipinski definition) is 4. The molecule has 3 aromatic rings. The fraction of sp³-hybridized carbons (Fsp3) is 0.118. The minimum atomic E-state index is -0.507. The Labute approximate surface area is 148 Å². The third-order valence-electron chi connectivity index (χ3n) is 3.43. The number of hydrogen-bond donors (Lipinski definition) is 2. The highest BCUT2D eigenvalue weighted by Gasteiger charge is 2.16. The molecule has 0 radical (unpaired) electrons. The summed E-state index contributed by atoms with van der Waals surface area (Å²) in [5.41, 5.74) is 1.95. The number of aryl methyl sites for hydroxylation is 1. The van der Waals surface area contributed by atoms with Crippen molar-refractivity contribution >= 4 is 40.0 Å². The third kappa shape index (κ3) is 3.42. The van der Waals surface area contributed by atoms with Crippen LogP contribution in [0, 0.1) is 6.92 Å². The number of nitrogens with zero attached hydrogens (tertiary/aromatic N) is 2. The SMILES string of the molecule is Cc1cnc2c(O)c(C(=O)NCc3cc(Cl)cc(Cl)c3)ncc2c1. The molecule has 2 N–H and O–H groups in total. The van der Waals surface area contributed by atoms with Crippen molar-refractivity contribution in [2.24, 2.45) is 0 Å². The van der Waals surface area contributed by atoms with Crippen LogP contribution >= 0.6 is 23.2 Å². The van der Waals surface area contributed by atoms with E-state index in [0.29, 0.717) is 20.9 Å². The zero-order valence-corrected chi connectivity index (χ0v) is 14.2. The monoisotopic (exact) mass is 361 g/mol. The van der Waals surface area contributed by atoms with Crippen LogP contribution in [-0.4, -0.2) is 21.0 Å². The van der Waals surface area contributed by atoms with Gasteiger partial charge in [0.05, 0.1) is 0 Å². The third-order valence-corrected chi connectivity index (χ3v) is 3.86. The number of benzene rings is 1. The summed E-state index contributed by atoms with van der Waals surface area (Å²) in [5, 5.41) is 14.6.